The molecule has 0 saturated carbocycles. The van der Waals surface area contributed by atoms with Crippen molar-refractivity contribution in [3.05, 3.63) is 72.3 Å². The number of nitrogens with one attached hydrogen (secondary N) is 2. The topological polar surface area (TPSA) is 111 Å². The number of H-pyrrole nitrogens is 1. The third-order valence-corrected chi connectivity index (χ3v) is 5.12. The molecule has 0 radical (unpaired) electrons. The molecule has 1 aliphatic heterocycles. The maximum atomic E-state index is 13.7. The van der Waals surface area contributed by atoms with E-state index in [0.717, 1.165) is 18.9 Å². The number of carbonyl (C=O) groups is 1. The summed E-state index contributed by atoms with van der Waals surface area (Å²) >= 11 is 0. The number of rotatable bonds is 6. The lowest BCUT2D eigenvalue weighted by Crippen LogP contribution is -2.48. The van der Waals surface area contributed by atoms with E-state index in [2.05, 4.69) is 25.2 Å². The molecule has 180 valence electrons. The summed E-state index contributed by atoms with van der Waals surface area (Å²) in [6.07, 6.45) is 5.75. The number of nitrogens with zero attached hydrogens (tertiary/aromatic N) is 3. The normalized spacial score (nSPS) is 16.7. The number of aliphatic hydroxyl groups excluding tert-OH is 1. The Balaban J connectivity index is 0.00000158. The number of hydrogen-bond acceptors (Lipinski definition) is 7. The summed E-state index contributed by atoms with van der Waals surface area (Å²) in [5.41, 5.74) is 1.05. The number of ether oxygens (including phenoxy) is 2. The predicted octanol–water partition coefficient (Wildman–Crippen LogP) is 2.37. The van der Waals surface area contributed by atoms with E-state index in [4.69, 9.17) is 14.6 Å². The maximum absolute atomic E-state index is 13.7. The van der Waals surface area contributed by atoms with Crippen molar-refractivity contribution in [2.75, 3.05) is 32.1 Å². The van der Waals surface area contributed by atoms with E-state index in [-0.39, 0.29) is 23.6 Å². The summed E-state index contributed by atoms with van der Waals surface area (Å²) in [4.78, 5) is 25.5. The molecule has 0 spiro atoms. The lowest BCUT2D eigenvalue weighted by molar-refractivity contribution is -0.378. The van der Waals surface area contributed by atoms with Gasteiger partial charge in [-0.3, -0.25) is 9.69 Å². The first kappa shape index (κ1) is 25.1. The second-order valence-corrected chi connectivity index (χ2v) is 7.27. The molecule has 2 unspecified atom stereocenters. The number of morpholine rings is 1. The fraction of sp³-hybridized carbons (Fsp3) is 0.304. The Kier molecular flexibility index (Phi) is 8.91. The average Bonchev–Trinajstić information content (AvgIpc) is 2.88. The highest BCUT2D eigenvalue weighted by Crippen LogP contribution is 2.24. The van der Waals surface area contributed by atoms with Crippen LogP contribution in [-0.4, -0.2) is 58.7 Å². The highest BCUT2D eigenvalue weighted by molar-refractivity contribution is 5.93. The molecule has 3 aromatic rings. The molecule has 34 heavy (non-hydrogen) atoms. The summed E-state index contributed by atoms with van der Waals surface area (Å²) in [6, 6.07) is 7.24. The van der Waals surface area contributed by atoms with Gasteiger partial charge in [0, 0.05) is 38.4 Å². The molecule has 4 heterocycles. The van der Waals surface area contributed by atoms with Gasteiger partial charge in [-0.05, 0) is 24.6 Å². The molecule has 1 saturated heterocycles. The summed E-state index contributed by atoms with van der Waals surface area (Å²) in [5, 5.41) is 9.77. The van der Waals surface area contributed by atoms with Gasteiger partial charge in [0.05, 0.1) is 31.1 Å². The fourth-order valence-corrected chi connectivity index (χ4v) is 3.34. The molecular formula is C23H26F2N5O4+. The van der Waals surface area contributed by atoms with Crippen molar-refractivity contribution in [1.82, 2.24) is 14.9 Å². The molecule has 4 rings (SSSR count). The van der Waals surface area contributed by atoms with Crippen molar-refractivity contribution >= 4 is 11.7 Å². The van der Waals surface area contributed by atoms with Crippen LogP contribution in [0.2, 0.25) is 0 Å². The summed E-state index contributed by atoms with van der Waals surface area (Å²) in [5.74, 6) is -1.77. The lowest BCUT2D eigenvalue weighted by atomic mass is 10.1. The molecule has 1 amide bonds. The second-order valence-electron chi connectivity index (χ2n) is 7.27. The minimum Gasteiger partial charge on any atom is -0.435 e. The van der Waals surface area contributed by atoms with E-state index in [0.29, 0.717) is 31.6 Å². The van der Waals surface area contributed by atoms with Crippen molar-refractivity contribution in [3.63, 3.8) is 0 Å². The SMILES string of the molecule is CC(C(=O)Nc1ccc(Oc2ncc(F)cc2F)cn1)N1CCOC(c2cc[nH+]cc2)C1.CO. The van der Waals surface area contributed by atoms with Crippen molar-refractivity contribution in [3.8, 4) is 11.6 Å². The predicted molar refractivity (Wildman–Crippen MR) is 118 cm³/mol. The number of pyridine rings is 3. The van der Waals surface area contributed by atoms with Crippen LogP contribution in [0.4, 0.5) is 14.6 Å². The van der Waals surface area contributed by atoms with Gasteiger partial charge in [0.2, 0.25) is 5.91 Å². The number of anilines is 1. The van der Waals surface area contributed by atoms with Crippen molar-refractivity contribution in [2.45, 2.75) is 19.1 Å². The van der Waals surface area contributed by atoms with Gasteiger partial charge in [-0.2, -0.15) is 0 Å². The van der Waals surface area contributed by atoms with Crippen LogP contribution in [-0.2, 0) is 9.53 Å². The number of hydrogen-bond donors (Lipinski definition) is 2. The molecular weight excluding hydrogens is 448 g/mol. The minimum absolute atomic E-state index is 0.108. The number of aromatic nitrogens is 3. The molecule has 1 fully saturated rings. The number of aliphatic hydroxyl groups is 1. The van der Waals surface area contributed by atoms with Gasteiger partial charge in [-0.25, -0.2) is 23.7 Å². The Bertz CT molecular complexity index is 1070. The number of aromatic amines is 1. The Morgan fingerprint density at radius 1 is 1.24 bits per heavy atom. The number of halogens is 2. The zero-order chi connectivity index (χ0) is 24.5. The molecule has 3 N–H and O–H groups in total. The minimum atomic E-state index is -0.923. The summed E-state index contributed by atoms with van der Waals surface area (Å²) < 4.78 is 37.7. The third kappa shape index (κ3) is 6.50. The van der Waals surface area contributed by atoms with Crippen LogP contribution in [0.5, 0.6) is 11.6 Å². The van der Waals surface area contributed by atoms with E-state index in [9.17, 15) is 13.6 Å². The van der Waals surface area contributed by atoms with Gasteiger partial charge < -0.3 is 19.9 Å². The van der Waals surface area contributed by atoms with Gasteiger partial charge >= 0.3 is 0 Å². The lowest BCUT2D eigenvalue weighted by Gasteiger charge is -2.36. The Hall–Kier alpha value is -3.54. The molecule has 11 heteroatoms. The molecule has 9 nitrogen and oxygen atoms in total. The van der Waals surface area contributed by atoms with E-state index >= 15 is 0 Å². The van der Waals surface area contributed by atoms with E-state index < -0.39 is 17.7 Å². The Morgan fingerprint density at radius 2 is 2.00 bits per heavy atom. The molecule has 1 aliphatic rings. The average molecular weight is 474 g/mol. The van der Waals surface area contributed by atoms with E-state index in [1.165, 1.54) is 18.3 Å². The van der Waals surface area contributed by atoms with Crippen LogP contribution in [0, 0.1) is 11.6 Å². The highest BCUT2D eigenvalue weighted by Gasteiger charge is 2.29. The number of amides is 1. The zero-order valence-corrected chi connectivity index (χ0v) is 18.7. The number of carbonyl (C=O) groups excluding carboxylic acids is 1. The maximum Gasteiger partial charge on any atom is 0.256 e. The van der Waals surface area contributed by atoms with Gasteiger partial charge in [-0.1, -0.05) is 0 Å². The zero-order valence-electron chi connectivity index (χ0n) is 18.7. The fourth-order valence-electron chi connectivity index (χ4n) is 3.34. The Labute approximate surface area is 195 Å². The molecule has 0 aromatic carbocycles. The van der Waals surface area contributed by atoms with Crippen LogP contribution in [0.1, 0.15) is 18.6 Å². The Morgan fingerprint density at radius 3 is 2.68 bits per heavy atom. The highest BCUT2D eigenvalue weighted by atomic mass is 19.1. The molecule has 2 atom stereocenters. The monoisotopic (exact) mass is 474 g/mol. The molecule has 0 bridgehead atoms. The van der Waals surface area contributed by atoms with Crippen LogP contribution in [0.25, 0.3) is 0 Å². The van der Waals surface area contributed by atoms with Gasteiger partial charge in [0.25, 0.3) is 5.88 Å². The largest absolute Gasteiger partial charge is 0.435 e. The second kappa shape index (κ2) is 12.1. The van der Waals surface area contributed by atoms with Crippen LogP contribution in [0.3, 0.4) is 0 Å². The van der Waals surface area contributed by atoms with Crippen molar-refractivity contribution in [1.29, 1.82) is 0 Å². The summed E-state index contributed by atoms with van der Waals surface area (Å²) in [6.45, 7) is 3.59. The first-order chi connectivity index (χ1) is 16.5. The smallest absolute Gasteiger partial charge is 0.256 e. The molecule has 3 aromatic heterocycles. The summed E-state index contributed by atoms with van der Waals surface area (Å²) in [7, 11) is 1.00. The third-order valence-electron chi connectivity index (χ3n) is 5.12. The van der Waals surface area contributed by atoms with E-state index in [1.807, 2.05) is 31.5 Å². The first-order valence-electron chi connectivity index (χ1n) is 10.5. The molecule has 0 aliphatic carbocycles. The quantitative estimate of drug-likeness (QED) is 0.564. The first-order valence-corrected chi connectivity index (χ1v) is 10.5. The van der Waals surface area contributed by atoms with Crippen LogP contribution < -0.4 is 15.0 Å². The van der Waals surface area contributed by atoms with E-state index in [1.54, 1.807) is 0 Å². The van der Waals surface area contributed by atoms with Crippen LogP contribution in [0.15, 0.2) is 55.1 Å². The van der Waals surface area contributed by atoms with Crippen LogP contribution >= 0.6 is 0 Å². The van der Waals surface area contributed by atoms with Gasteiger partial charge in [0.15, 0.2) is 18.2 Å². The van der Waals surface area contributed by atoms with Gasteiger partial charge in [0.1, 0.15) is 17.4 Å². The van der Waals surface area contributed by atoms with Crippen molar-refractivity contribution in [2.24, 2.45) is 0 Å². The standard InChI is InChI=1S/C22H21F2N5O3.CH4O/c1-14(29-8-9-31-19(13-29)15-4-6-25-7-5-15)21(30)28-20-3-2-17(12-26-20)32-22-18(24)10-16(23)11-27-22;1-2/h2-7,10-12,14,19H,8-9,13H2,1H3,(H,26,28,30);2H,1H3/p+1. The van der Waals surface area contributed by atoms with Crippen molar-refractivity contribution < 1.29 is 33.1 Å². The van der Waals surface area contributed by atoms with Gasteiger partial charge in [-0.15, -0.1) is 0 Å².